The Bertz CT molecular complexity index is 725. The van der Waals surface area contributed by atoms with Gasteiger partial charge < -0.3 is 0 Å². The van der Waals surface area contributed by atoms with Gasteiger partial charge in [-0.1, -0.05) is 60.7 Å². The summed E-state index contributed by atoms with van der Waals surface area (Å²) in [7, 11) is 0. The molecule has 0 aliphatic carbocycles. The number of aryl methyl sites for hydroxylation is 1. The van der Waals surface area contributed by atoms with Gasteiger partial charge in [-0.05, 0) is 46.7 Å². The first-order valence-electron chi connectivity index (χ1n) is 7.57. The van der Waals surface area contributed by atoms with Crippen LogP contribution in [0.4, 0.5) is 0 Å². The molecule has 1 heterocycles. The first-order valence-corrected chi connectivity index (χ1v) is 7.57. The van der Waals surface area contributed by atoms with Gasteiger partial charge in [-0.25, -0.2) is 0 Å². The summed E-state index contributed by atoms with van der Waals surface area (Å²) in [6.07, 6.45) is 7.74. The topological polar surface area (TPSA) is 12.9 Å². The van der Waals surface area contributed by atoms with E-state index in [-0.39, 0.29) is 0 Å². The van der Waals surface area contributed by atoms with Crippen LogP contribution in [0, 0.1) is 0 Å². The molecule has 1 aromatic heterocycles. The summed E-state index contributed by atoms with van der Waals surface area (Å²) in [5.74, 6) is 0. The number of hydrogen-bond donors (Lipinski definition) is 0. The lowest BCUT2D eigenvalue weighted by atomic mass is 9.99. The highest BCUT2D eigenvalue weighted by Crippen LogP contribution is 2.24. The molecule has 0 saturated heterocycles. The molecule has 0 bridgehead atoms. The maximum atomic E-state index is 4.17. The summed E-state index contributed by atoms with van der Waals surface area (Å²) < 4.78 is 0. The summed E-state index contributed by atoms with van der Waals surface area (Å²) in [5.41, 5.74) is 6.19. The largest absolute Gasteiger partial charge is 0.264 e. The van der Waals surface area contributed by atoms with Crippen LogP contribution in [-0.4, -0.2) is 4.98 Å². The molecule has 1 nitrogen and oxygen atoms in total. The van der Waals surface area contributed by atoms with Crippen molar-refractivity contribution in [1.82, 2.24) is 4.98 Å². The number of hydrogen-bond acceptors (Lipinski definition) is 1. The Balaban J connectivity index is 1.79. The second kappa shape index (κ2) is 6.86. The fraction of sp³-hybridized carbons (Fsp3) is 0.0952. The fourth-order valence-electron chi connectivity index (χ4n) is 2.52. The average Bonchev–Trinajstić information content (AvgIpc) is 2.61. The summed E-state index contributed by atoms with van der Waals surface area (Å²) in [4.78, 5) is 4.17. The number of allylic oxidation sites excluding steroid dienone is 1. The van der Waals surface area contributed by atoms with Crippen LogP contribution in [0.5, 0.6) is 0 Å². The first-order chi connectivity index (χ1) is 10.9. The van der Waals surface area contributed by atoms with Crippen molar-refractivity contribution >= 4 is 0 Å². The van der Waals surface area contributed by atoms with Crippen LogP contribution >= 0.6 is 0 Å². The minimum absolute atomic E-state index is 1.03. The SMILES string of the molecule is C=CCCc1ccc(-c2ccc(-c3cccnc3)cc2)cc1. The zero-order valence-corrected chi connectivity index (χ0v) is 12.6. The number of benzene rings is 2. The van der Waals surface area contributed by atoms with Crippen LogP contribution in [0.25, 0.3) is 22.3 Å². The van der Waals surface area contributed by atoms with E-state index < -0.39 is 0 Å². The third-order valence-electron chi connectivity index (χ3n) is 3.80. The second-order valence-corrected chi connectivity index (χ2v) is 5.34. The molecule has 3 aromatic rings. The minimum atomic E-state index is 1.03. The number of pyridine rings is 1. The van der Waals surface area contributed by atoms with Gasteiger partial charge in [0.2, 0.25) is 0 Å². The van der Waals surface area contributed by atoms with Crippen molar-refractivity contribution in [3.63, 3.8) is 0 Å². The van der Waals surface area contributed by atoms with Gasteiger partial charge >= 0.3 is 0 Å². The highest BCUT2D eigenvalue weighted by molar-refractivity contribution is 5.70. The van der Waals surface area contributed by atoms with E-state index in [0.29, 0.717) is 0 Å². The Morgan fingerprint density at radius 3 is 1.91 bits per heavy atom. The molecule has 0 amide bonds. The van der Waals surface area contributed by atoms with Gasteiger partial charge in [0, 0.05) is 12.4 Å². The lowest BCUT2D eigenvalue weighted by molar-refractivity contribution is 1.00. The maximum Gasteiger partial charge on any atom is 0.0346 e. The molecular weight excluding hydrogens is 266 g/mol. The van der Waals surface area contributed by atoms with Crippen LogP contribution in [0.3, 0.4) is 0 Å². The van der Waals surface area contributed by atoms with Crippen molar-refractivity contribution in [3.8, 4) is 22.3 Å². The average molecular weight is 285 g/mol. The highest BCUT2D eigenvalue weighted by Gasteiger charge is 2.01. The molecule has 108 valence electrons. The van der Waals surface area contributed by atoms with Gasteiger partial charge in [0.05, 0.1) is 0 Å². The zero-order chi connectivity index (χ0) is 15.2. The second-order valence-electron chi connectivity index (χ2n) is 5.34. The van der Waals surface area contributed by atoms with Gasteiger partial charge in [-0.3, -0.25) is 4.98 Å². The summed E-state index contributed by atoms with van der Waals surface area (Å²) in [6, 6.07) is 21.5. The first kappa shape index (κ1) is 14.3. The van der Waals surface area contributed by atoms with E-state index in [0.717, 1.165) is 18.4 Å². The third kappa shape index (κ3) is 3.32. The molecule has 0 saturated carbocycles. The number of aromatic nitrogens is 1. The van der Waals surface area contributed by atoms with Gasteiger partial charge in [-0.15, -0.1) is 6.58 Å². The van der Waals surface area contributed by atoms with Gasteiger partial charge in [0.25, 0.3) is 0 Å². The molecule has 0 aliphatic rings. The van der Waals surface area contributed by atoms with Crippen LogP contribution < -0.4 is 0 Å². The zero-order valence-electron chi connectivity index (χ0n) is 12.6. The molecule has 2 aromatic carbocycles. The predicted molar refractivity (Wildman–Crippen MR) is 93.6 cm³/mol. The van der Waals surface area contributed by atoms with Gasteiger partial charge in [-0.2, -0.15) is 0 Å². The molecule has 0 unspecified atom stereocenters. The Hall–Kier alpha value is -2.67. The van der Waals surface area contributed by atoms with Crippen LogP contribution in [0.2, 0.25) is 0 Å². The Morgan fingerprint density at radius 2 is 1.36 bits per heavy atom. The Labute approximate surface area is 132 Å². The van der Waals surface area contributed by atoms with Crippen molar-refractivity contribution in [2.45, 2.75) is 12.8 Å². The standard InChI is InChI=1S/C21H19N/c1-2-3-5-17-7-9-18(10-8-17)19-11-13-20(14-12-19)21-6-4-15-22-16-21/h2,4,6-16H,1,3,5H2. The van der Waals surface area contributed by atoms with Crippen molar-refractivity contribution < 1.29 is 0 Å². The number of nitrogens with zero attached hydrogens (tertiary/aromatic N) is 1. The summed E-state index contributed by atoms with van der Waals surface area (Å²) >= 11 is 0. The highest BCUT2D eigenvalue weighted by atomic mass is 14.6. The minimum Gasteiger partial charge on any atom is -0.264 e. The van der Waals surface area contributed by atoms with Gasteiger partial charge in [0.1, 0.15) is 0 Å². The monoisotopic (exact) mass is 285 g/mol. The fourth-order valence-corrected chi connectivity index (χ4v) is 2.52. The molecule has 1 heteroatoms. The molecular formula is C21H19N. The lowest BCUT2D eigenvalue weighted by Crippen LogP contribution is -1.84. The molecule has 3 rings (SSSR count). The van der Waals surface area contributed by atoms with Crippen molar-refractivity contribution in [2.24, 2.45) is 0 Å². The number of rotatable bonds is 5. The smallest absolute Gasteiger partial charge is 0.0346 e. The lowest BCUT2D eigenvalue weighted by Gasteiger charge is -2.06. The Kier molecular flexibility index (Phi) is 4.45. The normalized spacial score (nSPS) is 10.4. The van der Waals surface area contributed by atoms with Crippen molar-refractivity contribution in [1.29, 1.82) is 0 Å². The quantitative estimate of drug-likeness (QED) is 0.561. The Morgan fingerprint density at radius 1 is 0.773 bits per heavy atom. The summed E-state index contributed by atoms with van der Waals surface area (Å²) in [5, 5.41) is 0. The van der Waals surface area contributed by atoms with E-state index in [1.54, 1.807) is 6.20 Å². The third-order valence-corrected chi connectivity index (χ3v) is 3.80. The van der Waals surface area contributed by atoms with E-state index in [1.165, 1.54) is 22.3 Å². The molecule has 0 radical (unpaired) electrons. The van der Waals surface area contributed by atoms with Crippen molar-refractivity contribution in [2.75, 3.05) is 0 Å². The molecule has 0 N–H and O–H groups in total. The van der Waals surface area contributed by atoms with Gasteiger partial charge in [0.15, 0.2) is 0 Å². The van der Waals surface area contributed by atoms with Crippen molar-refractivity contribution in [3.05, 3.63) is 91.3 Å². The summed E-state index contributed by atoms with van der Waals surface area (Å²) in [6.45, 7) is 3.77. The van der Waals surface area contributed by atoms with Crippen LogP contribution in [0.1, 0.15) is 12.0 Å². The molecule has 0 atom stereocenters. The molecule has 0 spiro atoms. The van der Waals surface area contributed by atoms with Crippen LogP contribution in [-0.2, 0) is 6.42 Å². The molecule has 22 heavy (non-hydrogen) atoms. The van der Waals surface area contributed by atoms with Crippen LogP contribution in [0.15, 0.2) is 85.7 Å². The van der Waals surface area contributed by atoms with E-state index in [9.17, 15) is 0 Å². The van der Waals surface area contributed by atoms with E-state index in [1.807, 2.05) is 18.3 Å². The van der Waals surface area contributed by atoms with E-state index in [2.05, 4.69) is 66.2 Å². The molecule has 0 aliphatic heterocycles. The van der Waals surface area contributed by atoms with E-state index >= 15 is 0 Å². The molecule has 0 fully saturated rings. The maximum absolute atomic E-state index is 4.17. The van der Waals surface area contributed by atoms with E-state index in [4.69, 9.17) is 0 Å². The predicted octanol–water partition coefficient (Wildman–Crippen LogP) is 5.53.